The van der Waals surface area contributed by atoms with Crippen LogP contribution in [-0.2, 0) is 0 Å². The monoisotopic (exact) mass is 280 g/mol. The van der Waals surface area contributed by atoms with Crippen molar-refractivity contribution in [1.29, 1.82) is 0 Å². The maximum atomic E-state index is 12.7. The van der Waals surface area contributed by atoms with Crippen molar-refractivity contribution in [3.05, 3.63) is 59.7 Å². The highest BCUT2D eigenvalue weighted by Crippen LogP contribution is 2.26. The number of nitrogens with two attached hydrogens (primary N) is 1. The Morgan fingerprint density at radius 3 is 2.71 bits per heavy atom. The van der Waals surface area contributed by atoms with Gasteiger partial charge in [0, 0.05) is 24.7 Å². The molecule has 1 heterocycles. The highest BCUT2D eigenvalue weighted by molar-refractivity contribution is 6.01. The van der Waals surface area contributed by atoms with E-state index >= 15 is 0 Å². The number of aryl methyl sites for hydroxylation is 1. The highest BCUT2D eigenvalue weighted by Gasteiger charge is 2.26. The molecule has 108 valence electrons. The minimum Gasteiger partial charge on any atom is -0.337 e. The van der Waals surface area contributed by atoms with Crippen molar-refractivity contribution in [3.63, 3.8) is 0 Å². The van der Waals surface area contributed by atoms with Gasteiger partial charge >= 0.3 is 0 Å². The summed E-state index contributed by atoms with van der Waals surface area (Å²) in [7, 11) is 0. The molecule has 1 aliphatic rings. The fourth-order valence-electron chi connectivity index (χ4n) is 2.88. The van der Waals surface area contributed by atoms with Crippen LogP contribution in [0.15, 0.2) is 48.5 Å². The SMILES string of the molecule is Cc1cccc(-c2ccccc2C(=O)N2CC[C@@H](N)C2)c1. The quantitative estimate of drug-likeness (QED) is 0.919. The lowest BCUT2D eigenvalue weighted by molar-refractivity contribution is 0.0791. The van der Waals surface area contributed by atoms with Crippen molar-refractivity contribution < 1.29 is 4.79 Å². The third kappa shape index (κ3) is 2.83. The molecule has 0 radical (unpaired) electrons. The molecule has 3 heteroatoms. The van der Waals surface area contributed by atoms with Crippen molar-refractivity contribution in [2.24, 2.45) is 5.73 Å². The number of hydrogen-bond donors (Lipinski definition) is 1. The molecule has 0 unspecified atom stereocenters. The van der Waals surface area contributed by atoms with Crippen LogP contribution >= 0.6 is 0 Å². The number of carbonyl (C=O) groups excluding carboxylic acids is 1. The Morgan fingerprint density at radius 2 is 2.00 bits per heavy atom. The fourth-order valence-corrected chi connectivity index (χ4v) is 2.88. The van der Waals surface area contributed by atoms with Gasteiger partial charge in [0.2, 0.25) is 0 Å². The van der Waals surface area contributed by atoms with Gasteiger partial charge in [-0.25, -0.2) is 0 Å². The summed E-state index contributed by atoms with van der Waals surface area (Å²) in [5, 5.41) is 0. The van der Waals surface area contributed by atoms with Gasteiger partial charge in [0.05, 0.1) is 0 Å². The van der Waals surface area contributed by atoms with E-state index in [2.05, 4.69) is 25.1 Å². The number of amides is 1. The van der Waals surface area contributed by atoms with E-state index in [4.69, 9.17) is 5.73 Å². The van der Waals surface area contributed by atoms with E-state index in [1.54, 1.807) is 0 Å². The van der Waals surface area contributed by atoms with E-state index in [9.17, 15) is 4.79 Å². The van der Waals surface area contributed by atoms with E-state index in [1.165, 1.54) is 5.56 Å². The first-order chi connectivity index (χ1) is 10.1. The van der Waals surface area contributed by atoms with Gasteiger partial charge in [-0.3, -0.25) is 4.79 Å². The zero-order valence-electron chi connectivity index (χ0n) is 12.3. The molecule has 2 N–H and O–H groups in total. The first kappa shape index (κ1) is 13.8. The summed E-state index contributed by atoms with van der Waals surface area (Å²) in [6.07, 6.45) is 0.887. The van der Waals surface area contributed by atoms with Gasteiger partial charge in [0.25, 0.3) is 5.91 Å². The van der Waals surface area contributed by atoms with Crippen LogP contribution in [0.25, 0.3) is 11.1 Å². The fraction of sp³-hybridized carbons (Fsp3) is 0.278. The van der Waals surface area contributed by atoms with Crippen molar-refractivity contribution in [3.8, 4) is 11.1 Å². The van der Waals surface area contributed by atoms with Crippen molar-refractivity contribution in [2.45, 2.75) is 19.4 Å². The van der Waals surface area contributed by atoms with Crippen LogP contribution in [0, 0.1) is 6.92 Å². The topological polar surface area (TPSA) is 46.3 Å². The van der Waals surface area contributed by atoms with Crippen LogP contribution in [-0.4, -0.2) is 29.9 Å². The van der Waals surface area contributed by atoms with Crippen LogP contribution in [0.3, 0.4) is 0 Å². The molecule has 1 saturated heterocycles. The third-order valence-electron chi connectivity index (χ3n) is 4.00. The Bertz CT molecular complexity index is 666. The molecule has 0 saturated carbocycles. The van der Waals surface area contributed by atoms with Crippen LogP contribution in [0.4, 0.5) is 0 Å². The van der Waals surface area contributed by atoms with Crippen LogP contribution in [0.1, 0.15) is 22.3 Å². The maximum Gasteiger partial charge on any atom is 0.254 e. The smallest absolute Gasteiger partial charge is 0.254 e. The standard InChI is InChI=1S/C18H20N2O/c1-13-5-4-6-14(11-13)16-7-2-3-8-17(16)18(21)20-10-9-15(19)12-20/h2-8,11,15H,9-10,12,19H2,1H3/t15-/m1/s1. The van der Waals surface area contributed by atoms with E-state index in [0.717, 1.165) is 29.7 Å². The number of nitrogens with zero attached hydrogens (tertiary/aromatic N) is 1. The molecule has 1 atom stereocenters. The average molecular weight is 280 g/mol. The number of likely N-dealkylation sites (tertiary alicyclic amines) is 1. The lowest BCUT2D eigenvalue weighted by Gasteiger charge is -2.18. The van der Waals surface area contributed by atoms with Crippen molar-refractivity contribution in [1.82, 2.24) is 4.90 Å². The summed E-state index contributed by atoms with van der Waals surface area (Å²) < 4.78 is 0. The van der Waals surface area contributed by atoms with Gasteiger partial charge in [-0.1, -0.05) is 48.0 Å². The summed E-state index contributed by atoms with van der Waals surface area (Å²) in [5.41, 5.74) is 9.95. The normalized spacial score (nSPS) is 18.0. The second-order valence-corrected chi connectivity index (χ2v) is 5.71. The molecule has 1 aliphatic heterocycles. The lowest BCUT2D eigenvalue weighted by atomic mass is 9.97. The minimum atomic E-state index is 0.0834. The maximum absolute atomic E-state index is 12.7. The number of benzene rings is 2. The van der Waals surface area contributed by atoms with Gasteiger partial charge in [-0.05, 0) is 30.5 Å². The Hall–Kier alpha value is -2.13. The Balaban J connectivity index is 1.98. The summed E-state index contributed by atoms with van der Waals surface area (Å²) in [6.45, 7) is 3.47. The second-order valence-electron chi connectivity index (χ2n) is 5.71. The second kappa shape index (κ2) is 5.70. The molecule has 21 heavy (non-hydrogen) atoms. The molecule has 3 rings (SSSR count). The molecule has 0 aromatic heterocycles. The number of rotatable bonds is 2. The van der Waals surface area contributed by atoms with Gasteiger partial charge < -0.3 is 10.6 Å². The van der Waals surface area contributed by atoms with E-state index in [1.807, 2.05) is 35.2 Å². The van der Waals surface area contributed by atoms with Crippen molar-refractivity contribution >= 4 is 5.91 Å². The van der Waals surface area contributed by atoms with Crippen LogP contribution < -0.4 is 5.73 Å². The molecule has 1 amide bonds. The summed E-state index contributed by atoms with van der Waals surface area (Å²) in [4.78, 5) is 14.6. The highest BCUT2D eigenvalue weighted by atomic mass is 16.2. The predicted molar refractivity (Wildman–Crippen MR) is 85.1 cm³/mol. The molecule has 1 fully saturated rings. The third-order valence-corrected chi connectivity index (χ3v) is 4.00. The molecule has 0 spiro atoms. The first-order valence-electron chi connectivity index (χ1n) is 7.36. The predicted octanol–water partition coefficient (Wildman–Crippen LogP) is 2.84. The Morgan fingerprint density at radius 1 is 1.19 bits per heavy atom. The number of carbonyl (C=O) groups is 1. The van der Waals surface area contributed by atoms with Crippen molar-refractivity contribution in [2.75, 3.05) is 13.1 Å². The summed E-state index contributed by atoms with van der Waals surface area (Å²) >= 11 is 0. The van der Waals surface area contributed by atoms with Gasteiger partial charge in [-0.2, -0.15) is 0 Å². The largest absolute Gasteiger partial charge is 0.337 e. The lowest BCUT2D eigenvalue weighted by Crippen LogP contribution is -2.32. The first-order valence-corrected chi connectivity index (χ1v) is 7.36. The van der Waals surface area contributed by atoms with Crippen LogP contribution in [0.2, 0.25) is 0 Å². The molecule has 2 aromatic carbocycles. The average Bonchev–Trinajstić information content (AvgIpc) is 2.93. The summed E-state index contributed by atoms with van der Waals surface area (Å²) in [6, 6.07) is 16.2. The van der Waals surface area contributed by atoms with Crippen LogP contribution in [0.5, 0.6) is 0 Å². The number of hydrogen-bond acceptors (Lipinski definition) is 2. The molecular weight excluding hydrogens is 260 g/mol. The zero-order chi connectivity index (χ0) is 14.8. The van der Waals surface area contributed by atoms with Gasteiger partial charge in [-0.15, -0.1) is 0 Å². The van der Waals surface area contributed by atoms with E-state index in [0.29, 0.717) is 6.54 Å². The van der Waals surface area contributed by atoms with E-state index < -0.39 is 0 Å². The zero-order valence-corrected chi connectivity index (χ0v) is 12.3. The molecule has 3 nitrogen and oxygen atoms in total. The summed E-state index contributed by atoms with van der Waals surface area (Å²) in [5.74, 6) is 0.0834. The molecule has 0 bridgehead atoms. The molecule has 0 aliphatic carbocycles. The Kier molecular flexibility index (Phi) is 3.76. The molecule has 2 aromatic rings. The van der Waals surface area contributed by atoms with E-state index in [-0.39, 0.29) is 11.9 Å². The minimum absolute atomic E-state index is 0.0834. The van der Waals surface area contributed by atoms with Gasteiger partial charge in [0.15, 0.2) is 0 Å². The van der Waals surface area contributed by atoms with Gasteiger partial charge in [0.1, 0.15) is 0 Å². The molecular formula is C18H20N2O. The Labute approximate surface area is 125 Å².